The number of benzene rings is 2. The highest BCUT2D eigenvalue weighted by molar-refractivity contribution is 7.89. The molecule has 1 saturated heterocycles. The van der Waals surface area contributed by atoms with Gasteiger partial charge in [-0.15, -0.1) is 0 Å². The third-order valence-electron chi connectivity index (χ3n) is 5.39. The molecule has 1 amide bonds. The van der Waals surface area contributed by atoms with Crippen molar-refractivity contribution in [1.82, 2.24) is 9.73 Å². The van der Waals surface area contributed by atoms with Gasteiger partial charge in [-0.25, -0.2) is 13.8 Å². The summed E-state index contributed by atoms with van der Waals surface area (Å²) in [6, 6.07) is 11.6. The number of hydrogen-bond acceptors (Lipinski definition) is 6. The van der Waals surface area contributed by atoms with Crippen LogP contribution in [0.3, 0.4) is 0 Å². The minimum atomic E-state index is -3.61. The van der Waals surface area contributed by atoms with Crippen molar-refractivity contribution in [3.63, 3.8) is 0 Å². The highest BCUT2D eigenvalue weighted by Gasteiger charge is 2.32. The van der Waals surface area contributed by atoms with Crippen LogP contribution in [0.5, 0.6) is 11.5 Å². The molecule has 1 fully saturated rings. The molecule has 1 aliphatic rings. The highest BCUT2D eigenvalue weighted by atomic mass is 35.5. The van der Waals surface area contributed by atoms with E-state index in [1.165, 1.54) is 16.4 Å². The molecule has 10 heteroatoms. The molecule has 0 aromatic heterocycles. The van der Waals surface area contributed by atoms with Gasteiger partial charge >= 0.3 is 0 Å². The van der Waals surface area contributed by atoms with Gasteiger partial charge in [0.2, 0.25) is 15.9 Å². The van der Waals surface area contributed by atoms with E-state index >= 15 is 0 Å². The molecule has 0 aliphatic carbocycles. The standard InChI is InChI=1S/C24H30ClN3O5S/c1-3-15-33-22-10-5-18(16-23(22)32-4-2)17-26-27-24(29)19-11-13-28(14-12-19)34(30,31)21-8-6-20(25)7-9-21/h5-10,16-17,19H,3-4,11-15H2,1-2H3,(H,27,29)/b26-17-. The molecule has 1 N–H and O–H groups in total. The summed E-state index contributed by atoms with van der Waals surface area (Å²) >= 11 is 5.85. The third-order valence-corrected chi connectivity index (χ3v) is 7.56. The molecule has 1 aliphatic heterocycles. The molecule has 0 bridgehead atoms. The van der Waals surface area contributed by atoms with Crippen LogP contribution in [0, 0.1) is 5.92 Å². The first-order valence-electron chi connectivity index (χ1n) is 11.3. The molecule has 0 saturated carbocycles. The van der Waals surface area contributed by atoms with E-state index in [1.807, 2.05) is 32.0 Å². The fourth-order valence-corrected chi connectivity index (χ4v) is 5.18. The van der Waals surface area contributed by atoms with Gasteiger partial charge in [0.1, 0.15) is 0 Å². The second-order valence-corrected chi connectivity index (χ2v) is 10.2. The number of rotatable bonds is 10. The van der Waals surface area contributed by atoms with Gasteiger partial charge in [-0.3, -0.25) is 4.79 Å². The number of ether oxygens (including phenoxy) is 2. The predicted molar refractivity (Wildman–Crippen MR) is 132 cm³/mol. The summed E-state index contributed by atoms with van der Waals surface area (Å²) in [6.45, 7) is 5.58. The zero-order valence-corrected chi connectivity index (χ0v) is 20.9. The van der Waals surface area contributed by atoms with Crippen LogP contribution >= 0.6 is 11.6 Å². The number of hydrazone groups is 1. The summed E-state index contributed by atoms with van der Waals surface area (Å²) in [5, 5.41) is 4.54. The Morgan fingerprint density at radius 1 is 1.12 bits per heavy atom. The minimum Gasteiger partial charge on any atom is -0.490 e. The van der Waals surface area contributed by atoms with Gasteiger partial charge in [-0.2, -0.15) is 9.41 Å². The van der Waals surface area contributed by atoms with Crippen molar-refractivity contribution in [3.8, 4) is 11.5 Å². The predicted octanol–water partition coefficient (Wildman–Crippen LogP) is 4.08. The zero-order chi connectivity index (χ0) is 24.6. The molecular formula is C24H30ClN3O5S. The number of nitrogens with one attached hydrogen (secondary N) is 1. The van der Waals surface area contributed by atoms with E-state index in [0.29, 0.717) is 42.6 Å². The number of halogens is 1. The van der Waals surface area contributed by atoms with Gasteiger partial charge in [-0.1, -0.05) is 18.5 Å². The Labute approximate surface area is 205 Å². The lowest BCUT2D eigenvalue weighted by atomic mass is 9.98. The van der Waals surface area contributed by atoms with Crippen molar-refractivity contribution in [1.29, 1.82) is 0 Å². The SMILES string of the molecule is CCCOc1ccc(/C=N\NC(=O)C2CCN(S(=O)(=O)c3ccc(Cl)cc3)CC2)cc1OCC. The second kappa shape index (κ2) is 12.2. The largest absolute Gasteiger partial charge is 0.490 e. The number of hydrogen-bond donors (Lipinski definition) is 1. The smallest absolute Gasteiger partial charge is 0.243 e. The van der Waals surface area contributed by atoms with Crippen LogP contribution in [0.25, 0.3) is 0 Å². The maximum Gasteiger partial charge on any atom is 0.243 e. The second-order valence-electron chi connectivity index (χ2n) is 7.85. The van der Waals surface area contributed by atoms with Gasteiger partial charge in [0.25, 0.3) is 0 Å². The Kier molecular flexibility index (Phi) is 9.32. The fraction of sp³-hybridized carbons (Fsp3) is 0.417. The summed E-state index contributed by atoms with van der Waals surface area (Å²) in [7, 11) is -3.61. The van der Waals surface area contributed by atoms with E-state index < -0.39 is 10.0 Å². The van der Waals surface area contributed by atoms with Crippen LogP contribution in [0.2, 0.25) is 5.02 Å². The number of carbonyl (C=O) groups excluding carboxylic acids is 1. The molecule has 0 atom stereocenters. The van der Waals surface area contributed by atoms with Crippen molar-refractivity contribution >= 4 is 33.7 Å². The first kappa shape index (κ1) is 26.0. The lowest BCUT2D eigenvalue weighted by Gasteiger charge is -2.30. The Bertz CT molecular complexity index is 1100. The average Bonchev–Trinajstić information content (AvgIpc) is 2.84. The first-order valence-corrected chi connectivity index (χ1v) is 13.1. The van der Waals surface area contributed by atoms with Crippen LogP contribution in [0.1, 0.15) is 38.7 Å². The van der Waals surface area contributed by atoms with Gasteiger partial charge in [0, 0.05) is 24.0 Å². The molecule has 184 valence electrons. The Balaban J connectivity index is 1.54. The average molecular weight is 508 g/mol. The van der Waals surface area contributed by atoms with E-state index in [-0.39, 0.29) is 29.8 Å². The molecule has 0 spiro atoms. The molecule has 2 aromatic carbocycles. The summed E-state index contributed by atoms with van der Waals surface area (Å²) in [5.74, 6) is 0.760. The Morgan fingerprint density at radius 3 is 2.47 bits per heavy atom. The van der Waals surface area contributed by atoms with Crippen molar-refractivity contribution in [3.05, 3.63) is 53.1 Å². The quantitative estimate of drug-likeness (QED) is 0.386. The number of sulfonamides is 1. The molecule has 2 aromatic rings. The topological polar surface area (TPSA) is 97.3 Å². The van der Waals surface area contributed by atoms with E-state index in [4.69, 9.17) is 21.1 Å². The van der Waals surface area contributed by atoms with Crippen LogP contribution < -0.4 is 14.9 Å². The Morgan fingerprint density at radius 2 is 1.82 bits per heavy atom. The van der Waals surface area contributed by atoms with Gasteiger partial charge < -0.3 is 9.47 Å². The van der Waals surface area contributed by atoms with Crippen molar-refractivity contribution < 1.29 is 22.7 Å². The molecule has 3 rings (SSSR count). The molecular weight excluding hydrogens is 478 g/mol. The van der Waals surface area contributed by atoms with Crippen LogP contribution in [0.4, 0.5) is 0 Å². The molecule has 0 radical (unpaired) electrons. The molecule has 8 nitrogen and oxygen atoms in total. The lowest BCUT2D eigenvalue weighted by Crippen LogP contribution is -2.42. The van der Waals surface area contributed by atoms with Gasteiger partial charge in [0.15, 0.2) is 11.5 Å². The van der Waals surface area contributed by atoms with Gasteiger partial charge in [-0.05, 0) is 74.2 Å². The van der Waals surface area contributed by atoms with E-state index in [2.05, 4.69) is 10.5 Å². The van der Waals surface area contributed by atoms with Gasteiger partial charge in [0.05, 0.1) is 24.3 Å². The summed E-state index contributed by atoms with van der Waals surface area (Å²) < 4.78 is 38.3. The van der Waals surface area contributed by atoms with E-state index in [1.54, 1.807) is 18.3 Å². The monoisotopic (exact) mass is 507 g/mol. The van der Waals surface area contributed by atoms with Crippen LogP contribution in [-0.2, 0) is 14.8 Å². The summed E-state index contributed by atoms with van der Waals surface area (Å²) in [4.78, 5) is 12.7. The highest BCUT2D eigenvalue weighted by Crippen LogP contribution is 2.28. The van der Waals surface area contributed by atoms with Crippen LogP contribution in [0.15, 0.2) is 52.5 Å². The maximum atomic E-state index is 12.8. The minimum absolute atomic E-state index is 0.196. The van der Waals surface area contributed by atoms with E-state index in [9.17, 15) is 13.2 Å². The third kappa shape index (κ3) is 6.71. The number of nitrogens with zero attached hydrogens (tertiary/aromatic N) is 2. The Hall–Kier alpha value is -2.62. The van der Waals surface area contributed by atoms with Crippen molar-refractivity contribution in [2.45, 2.75) is 38.0 Å². The number of amides is 1. The first-order chi connectivity index (χ1) is 16.3. The van der Waals surface area contributed by atoms with Crippen LogP contribution in [-0.4, -0.2) is 51.1 Å². The fourth-order valence-electron chi connectivity index (χ4n) is 3.58. The molecule has 0 unspecified atom stereocenters. The number of piperidine rings is 1. The normalized spacial score (nSPS) is 15.4. The zero-order valence-electron chi connectivity index (χ0n) is 19.4. The van der Waals surface area contributed by atoms with Crippen molar-refractivity contribution in [2.75, 3.05) is 26.3 Å². The summed E-state index contributed by atoms with van der Waals surface area (Å²) in [6.07, 6.45) is 3.29. The molecule has 34 heavy (non-hydrogen) atoms. The van der Waals surface area contributed by atoms with Crippen molar-refractivity contribution in [2.24, 2.45) is 11.0 Å². The maximum absolute atomic E-state index is 12.8. The van der Waals surface area contributed by atoms with E-state index in [0.717, 1.165) is 12.0 Å². The molecule has 1 heterocycles. The summed E-state index contributed by atoms with van der Waals surface area (Å²) in [5.41, 5.74) is 3.33. The lowest BCUT2D eigenvalue weighted by molar-refractivity contribution is -0.126. The number of carbonyl (C=O) groups is 1.